The first kappa shape index (κ1) is 11.8. The SMILES string of the molecule is O=C(O)C1CCCCN1C1CCCc2occc21. The fraction of sp³-hybridized carbons (Fsp3) is 0.643. The van der Waals surface area contributed by atoms with Crippen molar-refractivity contribution in [2.24, 2.45) is 0 Å². The normalized spacial score (nSPS) is 28.9. The van der Waals surface area contributed by atoms with E-state index < -0.39 is 5.97 Å². The Labute approximate surface area is 107 Å². The molecule has 1 saturated heterocycles. The number of likely N-dealkylation sites (tertiary alicyclic amines) is 1. The lowest BCUT2D eigenvalue weighted by molar-refractivity contribution is -0.146. The fourth-order valence-electron chi connectivity index (χ4n) is 3.40. The van der Waals surface area contributed by atoms with Gasteiger partial charge in [-0.25, -0.2) is 0 Å². The number of nitrogens with zero attached hydrogens (tertiary/aromatic N) is 1. The van der Waals surface area contributed by atoms with Gasteiger partial charge in [0.1, 0.15) is 11.8 Å². The highest BCUT2D eigenvalue weighted by molar-refractivity contribution is 5.73. The molecule has 1 N–H and O–H groups in total. The highest BCUT2D eigenvalue weighted by Gasteiger charge is 2.36. The Morgan fingerprint density at radius 2 is 2.22 bits per heavy atom. The molecular weight excluding hydrogens is 230 g/mol. The molecule has 1 aromatic rings. The van der Waals surface area contributed by atoms with Crippen molar-refractivity contribution >= 4 is 5.97 Å². The Morgan fingerprint density at radius 1 is 1.33 bits per heavy atom. The maximum absolute atomic E-state index is 11.4. The van der Waals surface area contributed by atoms with Crippen LogP contribution in [0.15, 0.2) is 16.7 Å². The van der Waals surface area contributed by atoms with Gasteiger partial charge in [0.15, 0.2) is 0 Å². The second kappa shape index (κ2) is 4.76. The zero-order chi connectivity index (χ0) is 12.5. The number of hydrogen-bond donors (Lipinski definition) is 1. The van der Waals surface area contributed by atoms with Crippen molar-refractivity contribution in [1.82, 2.24) is 4.90 Å². The minimum Gasteiger partial charge on any atom is -0.480 e. The van der Waals surface area contributed by atoms with E-state index >= 15 is 0 Å². The van der Waals surface area contributed by atoms with Gasteiger partial charge in [0.2, 0.25) is 0 Å². The Kier molecular flexibility index (Phi) is 3.12. The summed E-state index contributed by atoms with van der Waals surface area (Å²) in [6, 6.07) is 1.95. The number of aliphatic carboxylic acids is 1. The van der Waals surface area contributed by atoms with Crippen LogP contribution in [0.2, 0.25) is 0 Å². The number of fused-ring (bicyclic) bond motifs is 1. The predicted octanol–water partition coefficient (Wildman–Crippen LogP) is 2.60. The highest BCUT2D eigenvalue weighted by Crippen LogP contribution is 2.38. The molecule has 0 amide bonds. The topological polar surface area (TPSA) is 53.7 Å². The van der Waals surface area contributed by atoms with Gasteiger partial charge in [0.25, 0.3) is 0 Å². The Morgan fingerprint density at radius 3 is 3.06 bits per heavy atom. The van der Waals surface area contributed by atoms with E-state index in [2.05, 4.69) is 4.90 Å². The van der Waals surface area contributed by atoms with Crippen LogP contribution in [0, 0.1) is 0 Å². The molecule has 1 aliphatic heterocycles. The van der Waals surface area contributed by atoms with Crippen LogP contribution in [-0.2, 0) is 11.2 Å². The third-order valence-electron chi connectivity index (χ3n) is 4.25. The molecule has 98 valence electrons. The highest BCUT2D eigenvalue weighted by atomic mass is 16.4. The van der Waals surface area contributed by atoms with E-state index in [1.54, 1.807) is 6.26 Å². The van der Waals surface area contributed by atoms with E-state index in [1.165, 1.54) is 5.56 Å². The zero-order valence-electron chi connectivity index (χ0n) is 10.5. The second-order valence-corrected chi connectivity index (χ2v) is 5.29. The van der Waals surface area contributed by atoms with Gasteiger partial charge in [0, 0.05) is 18.0 Å². The van der Waals surface area contributed by atoms with Gasteiger partial charge >= 0.3 is 5.97 Å². The lowest BCUT2D eigenvalue weighted by atomic mass is 9.89. The number of aryl methyl sites for hydroxylation is 1. The minimum atomic E-state index is -0.676. The van der Waals surface area contributed by atoms with Crippen LogP contribution in [-0.4, -0.2) is 28.6 Å². The third kappa shape index (κ3) is 1.94. The van der Waals surface area contributed by atoms with E-state index in [9.17, 15) is 9.90 Å². The summed E-state index contributed by atoms with van der Waals surface area (Å²) in [7, 11) is 0. The lowest BCUT2D eigenvalue weighted by Crippen LogP contribution is -2.47. The monoisotopic (exact) mass is 249 g/mol. The Hall–Kier alpha value is -1.29. The molecule has 0 bridgehead atoms. The summed E-state index contributed by atoms with van der Waals surface area (Å²) in [6.07, 6.45) is 7.78. The van der Waals surface area contributed by atoms with Crippen molar-refractivity contribution in [1.29, 1.82) is 0 Å². The number of carbonyl (C=O) groups is 1. The number of carboxylic acid groups (broad SMARTS) is 1. The molecule has 3 rings (SSSR count). The van der Waals surface area contributed by atoms with Gasteiger partial charge in [-0.3, -0.25) is 9.69 Å². The van der Waals surface area contributed by atoms with Crippen molar-refractivity contribution in [2.45, 2.75) is 50.6 Å². The summed E-state index contributed by atoms with van der Waals surface area (Å²) < 4.78 is 5.50. The zero-order valence-corrected chi connectivity index (χ0v) is 10.5. The number of piperidine rings is 1. The lowest BCUT2D eigenvalue weighted by Gasteiger charge is -2.40. The molecule has 0 spiro atoms. The van der Waals surface area contributed by atoms with Crippen LogP contribution < -0.4 is 0 Å². The van der Waals surface area contributed by atoms with Gasteiger partial charge in [0.05, 0.1) is 6.26 Å². The molecular formula is C14H19NO3. The molecule has 4 heteroatoms. The second-order valence-electron chi connectivity index (χ2n) is 5.29. The van der Waals surface area contributed by atoms with Crippen molar-refractivity contribution in [3.63, 3.8) is 0 Å². The summed E-state index contributed by atoms with van der Waals surface area (Å²) in [5.41, 5.74) is 1.22. The summed E-state index contributed by atoms with van der Waals surface area (Å²) in [6.45, 7) is 0.895. The summed E-state index contributed by atoms with van der Waals surface area (Å²) >= 11 is 0. The molecule has 1 aromatic heterocycles. The average molecular weight is 249 g/mol. The number of furan rings is 1. The molecule has 4 nitrogen and oxygen atoms in total. The molecule has 18 heavy (non-hydrogen) atoms. The molecule has 2 unspecified atom stereocenters. The van der Waals surface area contributed by atoms with Crippen LogP contribution in [0.5, 0.6) is 0 Å². The predicted molar refractivity (Wildman–Crippen MR) is 66.4 cm³/mol. The van der Waals surface area contributed by atoms with Gasteiger partial charge in [-0.2, -0.15) is 0 Å². The molecule has 1 fully saturated rings. The van der Waals surface area contributed by atoms with Crippen LogP contribution in [0.25, 0.3) is 0 Å². The van der Waals surface area contributed by atoms with Crippen LogP contribution in [0.3, 0.4) is 0 Å². The first-order valence-corrected chi connectivity index (χ1v) is 6.82. The van der Waals surface area contributed by atoms with E-state index in [1.807, 2.05) is 6.07 Å². The Balaban J connectivity index is 1.88. The van der Waals surface area contributed by atoms with E-state index in [4.69, 9.17) is 4.42 Å². The molecule has 2 aliphatic rings. The van der Waals surface area contributed by atoms with Crippen LogP contribution >= 0.6 is 0 Å². The van der Waals surface area contributed by atoms with Gasteiger partial charge in [-0.05, 0) is 38.3 Å². The molecule has 0 radical (unpaired) electrons. The van der Waals surface area contributed by atoms with E-state index in [-0.39, 0.29) is 12.1 Å². The fourth-order valence-corrected chi connectivity index (χ4v) is 3.40. The minimum absolute atomic E-state index is 0.244. The largest absolute Gasteiger partial charge is 0.480 e. The van der Waals surface area contributed by atoms with Crippen molar-refractivity contribution < 1.29 is 14.3 Å². The number of carboxylic acids is 1. The van der Waals surface area contributed by atoms with Gasteiger partial charge in [-0.1, -0.05) is 6.42 Å². The first-order valence-electron chi connectivity index (χ1n) is 6.82. The Bertz CT molecular complexity index is 440. The first-order chi connectivity index (χ1) is 8.77. The van der Waals surface area contributed by atoms with Crippen LogP contribution in [0.1, 0.15) is 49.5 Å². The maximum atomic E-state index is 11.4. The van der Waals surface area contributed by atoms with E-state index in [0.29, 0.717) is 0 Å². The maximum Gasteiger partial charge on any atom is 0.320 e. The van der Waals surface area contributed by atoms with E-state index in [0.717, 1.165) is 50.8 Å². The summed E-state index contributed by atoms with van der Waals surface area (Å²) in [5.74, 6) is 0.381. The van der Waals surface area contributed by atoms with Crippen molar-refractivity contribution in [3.05, 3.63) is 23.7 Å². The quantitative estimate of drug-likeness (QED) is 0.875. The average Bonchev–Trinajstić information content (AvgIpc) is 2.86. The summed E-state index contributed by atoms with van der Waals surface area (Å²) in [4.78, 5) is 13.6. The molecule has 1 aliphatic carbocycles. The summed E-state index contributed by atoms with van der Waals surface area (Å²) in [5, 5.41) is 9.37. The molecule has 2 heterocycles. The van der Waals surface area contributed by atoms with Crippen LogP contribution in [0.4, 0.5) is 0 Å². The molecule has 0 aromatic carbocycles. The standard InChI is InChI=1S/C14H19NO3/c16-14(17)12-4-1-2-8-15(12)11-5-3-6-13-10(11)7-9-18-13/h7,9,11-12H,1-6,8H2,(H,16,17). The molecule has 2 atom stereocenters. The van der Waals surface area contributed by atoms with Gasteiger partial charge in [-0.15, -0.1) is 0 Å². The van der Waals surface area contributed by atoms with Crippen molar-refractivity contribution in [3.8, 4) is 0 Å². The van der Waals surface area contributed by atoms with Gasteiger partial charge < -0.3 is 9.52 Å². The smallest absolute Gasteiger partial charge is 0.320 e. The third-order valence-corrected chi connectivity index (χ3v) is 4.25. The number of rotatable bonds is 2. The number of hydrogen-bond acceptors (Lipinski definition) is 3. The van der Waals surface area contributed by atoms with Crippen molar-refractivity contribution in [2.75, 3.05) is 6.54 Å². The molecule has 0 saturated carbocycles.